The fourth-order valence-corrected chi connectivity index (χ4v) is 5.15. The van der Waals surface area contributed by atoms with Gasteiger partial charge in [0.2, 0.25) is 5.91 Å². The highest BCUT2D eigenvalue weighted by Crippen LogP contribution is 2.39. The fourth-order valence-electron chi connectivity index (χ4n) is 5.05. The van der Waals surface area contributed by atoms with Crippen molar-refractivity contribution >= 4 is 23.3 Å². The van der Waals surface area contributed by atoms with Gasteiger partial charge in [0.25, 0.3) is 0 Å². The number of anilines is 1. The van der Waals surface area contributed by atoms with Crippen molar-refractivity contribution in [3.63, 3.8) is 0 Å². The molecule has 1 aliphatic heterocycles. The molecular weight excluding hydrogens is 565 g/mol. The Labute approximate surface area is 230 Å². The van der Waals surface area contributed by atoms with E-state index in [0.717, 1.165) is 4.90 Å². The Morgan fingerprint density at radius 3 is 2.20 bits per heavy atom. The van der Waals surface area contributed by atoms with E-state index in [1.165, 1.54) is 19.2 Å². The standard InChI is InChI=1S/C27H24ClF7N4O/c1-15-9-19(29)3-4-20(15)22-14-39(24-6-5-23(28)36-37-24)8-7-21(22)25(40)38(2)13-16-10-17(26(30,31)32)12-18(11-16)27(33,34)35/h3-6,9-12,21-22H,7-8,13-14H2,1-2H3. The van der Waals surface area contributed by atoms with Crippen molar-refractivity contribution in [2.75, 3.05) is 25.0 Å². The van der Waals surface area contributed by atoms with Gasteiger partial charge in [-0.25, -0.2) is 4.39 Å². The lowest BCUT2D eigenvalue weighted by Crippen LogP contribution is -2.46. The van der Waals surface area contributed by atoms with Crippen LogP contribution < -0.4 is 4.90 Å². The average molecular weight is 589 g/mol. The van der Waals surface area contributed by atoms with E-state index in [1.807, 2.05) is 4.90 Å². The molecular formula is C27H24ClF7N4O. The van der Waals surface area contributed by atoms with Gasteiger partial charge in [-0.2, -0.15) is 26.3 Å². The van der Waals surface area contributed by atoms with E-state index in [1.54, 1.807) is 25.1 Å². The first-order valence-electron chi connectivity index (χ1n) is 12.2. The van der Waals surface area contributed by atoms with Crippen LogP contribution in [0.4, 0.5) is 36.6 Å². The number of hydrogen-bond donors (Lipinski definition) is 0. The van der Waals surface area contributed by atoms with Gasteiger partial charge in [0, 0.05) is 38.5 Å². The molecule has 2 aromatic carbocycles. The predicted molar refractivity (Wildman–Crippen MR) is 134 cm³/mol. The second kappa shape index (κ2) is 11.2. The minimum Gasteiger partial charge on any atom is -0.354 e. The molecule has 1 aliphatic rings. The van der Waals surface area contributed by atoms with Crippen LogP contribution in [-0.4, -0.2) is 41.1 Å². The molecule has 0 saturated carbocycles. The maximum absolute atomic E-state index is 13.9. The molecule has 1 saturated heterocycles. The number of aryl methyl sites for hydroxylation is 1. The molecule has 0 bridgehead atoms. The number of carbonyl (C=O) groups excluding carboxylic acids is 1. The third-order valence-electron chi connectivity index (χ3n) is 6.95. The Balaban J connectivity index is 1.64. The van der Waals surface area contributed by atoms with Gasteiger partial charge in [0.15, 0.2) is 11.0 Å². The number of halogens is 8. The van der Waals surface area contributed by atoms with E-state index >= 15 is 0 Å². The van der Waals surface area contributed by atoms with Gasteiger partial charge in [-0.05, 0) is 72.5 Å². The highest BCUT2D eigenvalue weighted by molar-refractivity contribution is 6.29. The first-order valence-corrected chi connectivity index (χ1v) is 12.5. The van der Waals surface area contributed by atoms with E-state index < -0.39 is 53.6 Å². The zero-order valence-corrected chi connectivity index (χ0v) is 22.1. The van der Waals surface area contributed by atoms with Crippen LogP contribution in [0.5, 0.6) is 0 Å². The quantitative estimate of drug-likeness (QED) is 0.305. The Morgan fingerprint density at radius 1 is 1.00 bits per heavy atom. The molecule has 3 aromatic rings. The van der Waals surface area contributed by atoms with Crippen molar-refractivity contribution in [2.24, 2.45) is 5.92 Å². The van der Waals surface area contributed by atoms with E-state index in [-0.39, 0.29) is 23.3 Å². The van der Waals surface area contributed by atoms with Crippen molar-refractivity contribution in [3.8, 4) is 0 Å². The molecule has 1 amide bonds. The van der Waals surface area contributed by atoms with Gasteiger partial charge in [-0.15, -0.1) is 10.2 Å². The fraction of sp³-hybridized carbons (Fsp3) is 0.370. The Hall–Kier alpha value is -3.41. The maximum atomic E-state index is 13.9. The number of rotatable bonds is 5. The summed E-state index contributed by atoms with van der Waals surface area (Å²) in [5.41, 5.74) is -1.91. The van der Waals surface area contributed by atoms with E-state index in [9.17, 15) is 35.5 Å². The zero-order chi connectivity index (χ0) is 29.4. The summed E-state index contributed by atoms with van der Waals surface area (Å²) in [6, 6.07) is 8.70. The number of aromatic nitrogens is 2. The first kappa shape index (κ1) is 29.6. The minimum atomic E-state index is -5.00. The lowest BCUT2D eigenvalue weighted by atomic mass is 9.78. The normalized spacial score (nSPS) is 18.1. The number of benzene rings is 2. The van der Waals surface area contributed by atoms with Gasteiger partial charge in [-0.3, -0.25) is 4.79 Å². The van der Waals surface area contributed by atoms with Crippen LogP contribution >= 0.6 is 11.6 Å². The molecule has 0 aliphatic carbocycles. The highest BCUT2D eigenvalue weighted by Gasteiger charge is 2.39. The van der Waals surface area contributed by atoms with Crippen molar-refractivity contribution in [2.45, 2.75) is 38.2 Å². The summed E-state index contributed by atoms with van der Waals surface area (Å²) >= 11 is 5.84. The van der Waals surface area contributed by atoms with Crippen molar-refractivity contribution in [3.05, 3.63) is 87.3 Å². The molecule has 13 heteroatoms. The molecule has 2 unspecified atom stereocenters. The van der Waals surface area contributed by atoms with Gasteiger partial charge < -0.3 is 9.80 Å². The Kier molecular flexibility index (Phi) is 8.30. The predicted octanol–water partition coefficient (Wildman–Crippen LogP) is 6.88. The summed E-state index contributed by atoms with van der Waals surface area (Å²) in [4.78, 5) is 16.7. The van der Waals surface area contributed by atoms with Crippen molar-refractivity contribution < 1.29 is 35.5 Å². The highest BCUT2D eigenvalue weighted by atomic mass is 35.5. The second-order valence-corrected chi connectivity index (χ2v) is 10.2. The van der Waals surface area contributed by atoms with Gasteiger partial charge in [-0.1, -0.05) is 17.7 Å². The molecule has 0 radical (unpaired) electrons. The number of piperidine rings is 1. The number of amides is 1. The monoisotopic (exact) mass is 588 g/mol. The van der Waals surface area contributed by atoms with Crippen LogP contribution in [0.2, 0.25) is 5.15 Å². The van der Waals surface area contributed by atoms with Crippen LogP contribution in [0.3, 0.4) is 0 Å². The van der Waals surface area contributed by atoms with Crippen LogP contribution in [0.1, 0.15) is 40.2 Å². The summed E-state index contributed by atoms with van der Waals surface area (Å²) in [5, 5.41) is 8.14. The molecule has 214 valence electrons. The van der Waals surface area contributed by atoms with E-state index in [4.69, 9.17) is 11.6 Å². The number of alkyl halides is 6. The summed E-state index contributed by atoms with van der Waals surface area (Å²) in [6.45, 7) is 1.89. The van der Waals surface area contributed by atoms with Crippen molar-refractivity contribution in [1.29, 1.82) is 0 Å². The molecule has 2 heterocycles. The Morgan fingerprint density at radius 2 is 1.65 bits per heavy atom. The smallest absolute Gasteiger partial charge is 0.354 e. The zero-order valence-electron chi connectivity index (χ0n) is 21.3. The topological polar surface area (TPSA) is 49.3 Å². The summed E-state index contributed by atoms with van der Waals surface area (Å²) in [6.07, 6.45) is -9.70. The van der Waals surface area contributed by atoms with E-state index in [0.29, 0.717) is 42.0 Å². The van der Waals surface area contributed by atoms with Gasteiger partial charge >= 0.3 is 12.4 Å². The minimum absolute atomic E-state index is 0.0496. The Bertz CT molecular complexity index is 1350. The summed E-state index contributed by atoms with van der Waals surface area (Å²) in [7, 11) is 1.33. The molecule has 5 nitrogen and oxygen atoms in total. The van der Waals surface area contributed by atoms with Gasteiger partial charge in [0.1, 0.15) is 5.82 Å². The molecule has 40 heavy (non-hydrogen) atoms. The van der Waals surface area contributed by atoms with Crippen molar-refractivity contribution in [1.82, 2.24) is 15.1 Å². The molecule has 1 aromatic heterocycles. The third-order valence-corrected chi connectivity index (χ3v) is 7.15. The summed E-state index contributed by atoms with van der Waals surface area (Å²) < 4.78 is 93.9. The molecule has 1 fully saturated rings. The van der Waals surface area contributed by atoms with Crippen LogP contribution in [0, 0.1) is 18.7 Å². The number of hydrogen-bond acceptors (Lipinski definition) is 4. The second-order valence-electron chi connectivity index (χ2n) is 9.77. The first-order chi connectivity index (χ1) is 18.6. The van der Waals surface area contributed by atoms with E-state index in [2.05, 4.69) is 10.2 Å². The number of nitrogens with zero attached hydrogens (tertiary/aromatic N) is 4. The van der Waals surface area contributed by atoms with Crippen LogP contribution in [0.15, 0.2) is 48.5 Å². The molecule has 2 atom stereocenters. The van der Waals surface area contributed by atoms with Gasteiger partial charge in [0.05, 0.1) is 11.1 Å². The van der Waals surface area contributed by atoms with Crippen LogP contribution in [-0.2, 0) is 23.7 Å². The lowest BCUT2D eigenvalue weighted by molar-refractivity contribution is -0.143. The lowest BCUT2D eigenvalue weighted by Gasteiger charge is -2.40. The number of carbonyl (C=O) groups is 1. The SMILES string of the molecule is Cc1cc(F)ccc1C1CN(c2ccc(Cl)nn2)CCC1C(=O)N(C)Cc1cc(C(F)(F)F)cc(C(F)(F)F)c1. The molecule has 0 spiro atoms. The molecule has 0 N–H and O–H groups in total. The summed E-state index contributed by atoms with van der Waals surface area (Å²) in [5.74, 6) is -1.56. The third kappa shape index (κ3) is 6.65. The van der Waals surface area contributed by atoms with Crippen LogP contribution in [0.25, 0.3) is 0 Å². The average Bonchev–Trinajstić information content (AvgIpc) is 2.87. The molecule has 4 rings (SSSR count). The maximum Gasteiger partial charge on any atom is 0.416 e. The largest absolute Gasteiger partial charge is 0.416 e.